The normalized spacial score (nSPS) is 15.2. The van der Waals surface area contributed by atoms with Crippen molar-refractivity contribution in [2.24, 2.45) is 0 Å². The van der Waals surface area contributed by atoms with Crippen molar-refractivity contribution in [1.82, 2.24) is 15.2 Å². The Labute approximate surface area is 231 Å². The molecule has 0 fully saturated rings. The molecule has 1 aliphatic carbocycles. The smallest absolute Gasteiger partial charge is 0.305 e. The van der Waals surface area contributed by atoms with Crippen LogP contribution < -0.4 is 19.7 Å². The van der Waals surface area contributed by atoms with Gasteiger partial charge in [0.25, 0.3) is 0 Å². The summed E-state index contributed by atoms with van der Waals surface area (Å²) in [6.45, 7) is 6.76. The summed E-state index contributed by atoms with van der Waals surface area (Å²) >= 11 is 1.29. The van der Waals surface area contributed by atoms with Crippen molar-refractivity contribution >= 4 is 21.6 Å². The minimum atomic E-state index is 0.0236. The number of hydrogen-bond donors (Lipinski definition) is 2. The van der Waals surface area contributed by atoms with Crippen LogP contribution in [0, 0.1) is 0 Å². The van der Waals surface area contributed by atoms with E-state index >= 15 is 0 Å². The van der Waals surface area contributed by atoms with Crippen molar-refractivity contribution in [2.45, 2.75) is 77.2 Å². The molecule has 0 amide bonds. The standard InChI is InChI=1S/C31H45N3O3S/c1-4-19-34(25-12-13-26-24(22-25)11-15-28(36-2)30(26)37-3)20-9-7-5-6-8-17-32-18-16-23-10-14-27-29(21-23)38-31(35)33-27/h10-11,14-15,21,25,32H,4-9,12-13,16-20,22H2,1-3H3,(H,33,35)/t25-/m0/s1. The van der Waals surface area contributed by atoms with Gasteiger partial charge >= 0.3 is 4.87 Å². The molecular formula is C31H45N3O3S. The van der Waals surface area contributed by atoms with Crippen molar-refractivity contribution in [3.63, 3.8) is 0 Å². The molecule has 3 aromatic rings. The van der Waals surface area contributed by atoms with Gasteiger partial charge in [-0.3, -0.25) is 4.79 Å². The Bertz CT molecular complexity index is 1200. The third-order valence-electron chi connectivity index (χ3n) is 7.83. The first-order valence-corrected chi connectivity index (χ1v) is 15.2. The minimum absolute atomic E-state index is 0.0236. The van der Waals surface area contributed by atoms with Gasteiger partial charge in [0.15, 0.2) is 11.5 Å². The van der Waals surface area contributed by atoms with Crippen LogP contribution in [-0.4, -0.2) is 56.3 Å². The maximum absolute atomic E-state index is 11.5. The maximum Gasteiger partial charge on any atom is 0.305 e. The lowest BCUT2D eigenvalue weighted by molar-refractivity contribution is 0.175. The number of fused-ring (bicyclic) bond motifs is 2. The van der Waals surface area contributed by atoms with Crippen LogP contribution in [0.2, 0.25) is 0 Å². The molecule has 0 bridgehead atoms. The van der Waals surface area contributed by atoms with Crippen molar-refractivity contribution < 1.29 is 9.47 Å². The summed E-state index contributed by atoms with van der Waals surface area (Å²) in [6, 6.07) is 11.2. The second kappa shape index (κ2) is 14.7. The van der Waals surface area contributed by atoms with Crippen molar-refractivity contribution in [3.05, 3.63) is 56.7 Å². The summed E-state index contributed by atoms with van der Waals surface area (Å²) in [6.07, 6.45) is 12.0. The van der Waals surface area contributed by atoms with E-state index in [2.05, 4.69) is 46.4 Å². The number of methoxy groups -OCH3 is 2. The van der Waals surface area contributed by atoms with Crippen molar-refractivity contribution in [2.75, 3.05) is 40.4 Å². The maximum atomic E-state index is 11.5. The van der Waals surface area contributed by atoms with Crippen LogP contribution in [0.25, 0.3) is 10.2 Å². The molecule has 1 aromatic heterocycles. The molecule has 38 heavy (non-hydrogen) atoms. The molecule has 1 heterocycles. The predicted octanol–water partition coefficient (Wildman–Crippen LogP) is 5.96. The van der Waals surface area contributed by atoms with Crippen LogP contribution in [0.4, 0.5) is 0 Å². The van der Waals surface area contributed by atoms with E-state index in [0.29, 0.717) is 6.04 Å². The van der Waals surface area contributed by atoms with Gasteiger partial charge in [-0.1, -0.05) is 49.7 Å². The fourth-order valence-electron chi connectivity index (χ4n) is 5.84. The van der Waals surface area contributed by atoms with Crippen LogP contribution in [0.1, 0.15) is 68.6 Å². The van der Waals surface area contributed by atoms with Gasteiger partial charge in [-0.25, -0.2) is 0 Å². The van der Waals surface area contributed by atoms with Gasteiger partial charge < -0.3 is 24.7 Å². The van der Waals surface area contributed by atoms with E-state index in [4.69, 9.17) is 9.47 Å². The summed E-state index contributed by atoms with van der Waals surface area (Å²) in [7, 11) is 3.47. The third kappa shape index (κ3) is 7.61. The summed E-state index contributed by atoms with van der Waals surface area (Å²) in [5.74, 6) is 1.78. The van der Waals surface area contributed by atoms with Gasteiger partial charge in [0.1, 0.15) is 0 Å². The van der Waals surface area contributed by atoms with Gasteiger partial charge in [0.2, 0.25) is 0 Å². The highest BCUT2D eigenvalue weighted by Gasteiger charge is 2.27. The zero-order valence-corrected chi connectivity index (χ0v) is 24.3. The SMILES string of the molecule is CCCN(CCCCCCCNCCc1ccc2[nH]c(=O)sc2c1)[C@H]1CCc2c(ccc(OC)c2OC)C1. The monoisotopic (exact) mass is 539 g/mol. The largest absolute Gasteiger partial charge is 0.493 e. The Morgan fingerprint density at radius 3 is 2.68 bits per heavy atom. The van der Waals surface area contributed by atoms with Crippen LogP contribution in [0.5, 0.6) is 11.5 Å². The zero-order chi connectivity index (χ0) is 26.7. The fourth-order valence-corrected chi connectivity index (χ4v) is 6.64. The highest BCUT2D eigenvalue weighted by molar-refractivity contribution is 7.16. The van der Waals surface area contributed by atoms with Gasteiger partial charge in [0, 0.05) is 11.6 Å². The molecule has 0 radical (unpaired) electrons. The van der Waals surface area contributed by atoms with Crippen molar-refractivity contribution in [1.29, 1.82) is 0 Å². The Kier molecular flexibility index (Phi) is 11.1. The molecule has 2 aromatic carbocycles. The number of aromatic amines is 1. The molecule has 1 atom stereocenters. The molecule has 0 spiro atoms. The molecule has 0 aliphatic heterocycles. The van der Waals surface area contributed by atoms with E-state index in [1.54, 1.807) is 14.2 Å². The Balaban J connectivity index is 1.10. The lowest BCUT2D eigenvalue weighted by atomic mass is 9.86. The molecule has 0 saturated heterocycles. The van der Waals surface area contributed by atoms with Crippen LogP contribution in [-0.2, 0) is 19.3 Å². The third-order valence-corrected chi connectivity index (χ3v) is 8.68. The van der Waals surface area contributed by atoms with Gasteiger partial charge in [-0.15, -0.1) is 0 Å². The average Bonchev–Trinajstić information content (AvgIpc) is 3.31. The fraction of sp³-hybridized carbons (Fsp3) is 0.581. The number of H-pyrrole nitrogens is 1. The molecule has 208 valence electrons. The van der Waals surface area contributed by atoms with E-state index in [1.807, 2.05) is 6.07 Å². The van der Waals surface area contributed by atoms with Gasteiger partial charge in [-0.05, 0) is 100 Å². The molecular weight excluding hydrogens is 494 g/mol. The molecule has 0 saturated carbocycles. The Morgan fingerprint density at radius 2 is 1.87 bits per heavy atom. The van der Waals surface area contributed by atoms with E-state index < -0.39 is 0 Å². The van der Waals surface area contributed by atoms with Crippen LogP contribution in [0.15, 0.2) is 35.1 Å². The molecule has 7 heteroatoms. The lowest BCUT2D eigenvalue weighted by Gasteiger charge is -2.36. The predicted molar refractivity (Wildman–Crippen MR) is 159 cm³/mol. The van der Waals surface area contributed by atoms with Gasteiger partial charge in [-0.2, -0.15) is 0 Å². The number of unbranched alkanes of at least 4 members (excludes halogenated alkanes) is 4. The number of nitrogens with one attached hydrogen (secondary N) is 2. The molecule has 6 nitrogen and oxygen atoms in total. The van der Waals surface area contributed by atoms with E-state index in [-0.39, 0.29) is 4.87 Å². The van der Waals surface area contributed by atoms with E-state index in [1.165, 1.54) is 86.1 Å². The highest BCUT2D eigenvalue weighted by Crippen LogP contribution is 2.38. The topological polar surface area (TPSA) is 66.6 Å². The summed E-state index contributed by atoms with van der Waals surface area (Å²) in [5, 5.41) is 3.59. The highest BCUT2D eigenvalue weighted by atomic mass is 32.1. The lowest BCUT2D eigenvalue weighted by Crippen LogP contribution is -2.40. The summed E-state index contributed by atoms with van der Waals surface area (Å²) < 4.78 is 12.3. The molecule has 1 aliphatic rings. The second-order valence-corrected chi connectivity index (χ2v) is 11.5. The average molecular weight is 540 g/mol. The number of ether oxygens (including phenoxy) is 2. The molecule has 0 unspecified atom stereocenters. The summed E-state index contributed by atoms with van der Waals surface area (Å²) in [5.41, 5.74) is 5.00. The Morgan fingerprint density at radius 1 is 1.03 bits per heavy atom. The first kappa shape index (κ1) is 28.7. The van der Waals surface area contributed by atoms with Crippen LogP contribution >= 0.6 is 11.3 Å². The zero-order valence-electron chi connectivity index (χ0n) is 23.4. The van der Waals surface area contributed by atoms with Crippen molar-refractivity contribution in [3.8, 4) is 11.5 Å². The van der Waals surface area contributed by atoms with E-state index in [9.17, 15) is 4.79 Å². The first-order chi connectivity index (χ1) is 18.6. The number of aromatic nitrogens is 1. The number of hydrogen-bond acceptors (Lipinski definition) is 6. The quantitative estimate of drug-likeness (QED) is 0.220. The second-order valence-electron chi connectivity index (χ2n) is 10.5. The number of rotatable bonds is 16. The number of thiazole rings is 1. The summed E-state index contributed by atoms with van der Waals surface area (Å²) in [4.78, 5) is 17.1. The molecule has 2 N–H and O–H groups in total. The number of benzene rings is 2. The minimum Gasteiger partial charge on any atom is -0.493 e. The van der Waals surface area contributed by atoms with E-state index in [0.717, 1.165) is 54.1 Å². The first-order valence-electron chi connectivity index (χ1n) is 14.4. The van der Waals surface area contributed by atoms with Gasteiger partial charge in [0.05, 0.1) is 24.4 Å². The molecule has 4 rings (SSSR count). The number of nitrogens with zero attached hydrogens (tertiary/aromatic N) is 1. The Hall–Kier alpha value is -2.35. The van der Waals surface area contributed by atoms with Crippen LogP contribution in [0.3, 0.4) is 0 Å².